The fourth-order valence-corrected chi connectivity index (χ4v) is 4.07. The van der Waals surface area contributed by atoms with Crippen molar-refractivity contribution in [2.45, 2.75) is 25.4 Å². The van der Waals surface area contributed by atoms with Gasteiger partial charge in [-0.05, 0) is 54.7 Å². The largest absolute Gasteiger partial charge is 0.416 e. The van der Waals surface area contributed by atoms with Gasteiger partial charge in [-0.3, -0.25) is 4.79 Å². The number of carbonyl (C=O) groups is 1. The molecule has 0 radical (unpaired) electrons. The predicted octanol–water partition coefficient (Wildman–Crippen LogP) is 4.61. The molecule has 1 aliphatic heterocycles. The summed E-state index contributed by atoms with van der Waals surface area (Å²) in [4.78, 5) is 16.5. The first-order valence-electron chi connectivity index (χ1n) is 9.71. The highest BCUT2D eigenvalue weighted by atomic mass is 19.4. The van der Waals surface area contributed by atoms with Gasteiger partial charge < -0.3 is 9.80 Å². The fourth-order valence-electron chi connectivity index (χ4n) is 4.07. The molecule has 1 aliphatic carbocycles. The maximum Gasteiger partial charge on any atom is 0.416 e. The van der Waals surface area contributed by atoms with E-state index in [0.717, 1.165) is 23.6 Å². The highest BCUT2D eigenvalue weighted by Gasteiger charge is 2.46. The summed E-state index contributed by atoms with van der Waals surface area (Å²) >= 11 is 0. The van der Waals surface area contributed by atoms with E-state index in [2.05, 4.69) is 0 Å². The van der Waals surface area contributed by atoms with Crippen LogP contribution < -0.4 is 4.90 Å². The second kappa shape index (κ2) is 7.35. The van der Waals surface area contributed by atoms with Gasteiger partial charge >= 0.3 is 6.18 Å². The molecule has 2 aliphatic rings. The molecular formula is C22H22F4N2O. The van der Waals surface area contributed by atoms with Gasteiger partial charge in [-0.15, -0.1) is 0 Å². The van der Waals surface area contributed by atoms with Gasteiger partial charge in [0.25, 0.3) is 0 Å². The molecule has 0 spiro atoms. The minimum Gasteiger partial charge on any atom is -0.368 e. The van der Waals surface area contributed by atoms with Crippen molar-refractivity contribution in [1.82, 2.24) is 4.90 Å². The monoisotopic (exact) mass is 406 g/mol. The molecule has 1 saturated carbocycles. The summed E-state index contributed by atoms with van der Waals surface area (Å²) in [5, 5.41) is 0. The Hall–Kier alpha value is -2.57. The SMILES string of the molecule is Cc1ccc(C(F)(F)F)cc1N1CCN(C(=O)[C@H]2C[C@H]2c2ccc(F)cc2)CC1. The van der Waals surface area contributed by atoms with E-state index in [1.807, 2.05) is 4.90 Å². The Labute approximate surface area is 166 Å². The van der Waals surface area contributed by atoms with E-state index in [9.17, 15) is 22.4 Å². The van der Waals surface area contributed by atoms with Crippen LogP contribution in [0.1, 0.15) is 29.0 Å². The maximum atomic E-state index is 13.1. The molecule has 2 fully saturated rings. The molecular weight excluding hydrogens is 384 g/mol. The highest BCUT2D eigenvalue weighted by Crippen LogP contribution is 2.48. The molecule has 2 atom stereocenters. The predicted molar refractivity (Wildman–Crippen MR) is 102 cm³/mol. The Balaban J connectivity index is 1.38. The van der Waals surface area contributed by atoms with Crippen molar-refractivity contribution in [3.05, 3.63) is 65.0 Å². The summed E-state index contributed by atoms with van der Waals surface area (Å²) in [5.74, 6) is -0.160. The van der Waals surface area contributed by atoms with Crippen molar-refractivity contribution in [3.8, 4) is 0 Å². The summed E-state index contributed by atoms with van der Waals surface area (Å²) in [6.45, 7) is 3.77. The first-order chi connectivity index (χ1) is 13.7. The smallest absolute Gasteiger partial charge is 0.368 e. The average molecular weight is 406 g/mol. The normalized spacial score (nSPS) is 22.0. The Morgan fingerprint density at radius 1 is 1.00 bits per heavy atom. The summed E-state index contributed by atoms with van der Waals surface area (Å²) < 4.78 is 52.2. The first-order valence-corrected chi connectivity index (χ1v) is 9.71. The topological polar surface area (TPSA) is 23.6 Å². The third-order valence-corrected chi connectivity index (χ3v) is 5.87. The first kappa shape index (κ1) is 19.7. The van der Waals surface area contributed by atoms with Crippen molar-refractivity contribution in [1.29, 1.82) is 0 Å². The van der Waals surface area contributed by atoms with Gasteiger partial charge in [0, 0.05) is 37.8 Å². The molecule has 0 bridgehead atoms. The van der Waals surface area contributed by atoms with Crippen LogP contribution in [-0.4, -0.2) is 37.0 Å². The summed E-state index contributed by atoms with van der Waals surface area (Å²) in [5.41, 5.74) is 1.68. The second-order valence-corrected chi connectivity index (χ2v) is 7.81. The van der Waals surface area contributed by atoms with Crippen LogP contribution in [0.4, 0.5) is 23.2 Å². The standard InChI is InChI=1S/C22H22F4N2O/c1-14-2-5-16(22(24,25)26)12-20(14)27-8-10-28(11-9-27)21(29)19-13-18(19)15-3-6-17(23)7-4-15/h2-7,12,18-19H,8-11,13H2,1H3/t18-,19-/m0/s1. The third kappa shape index (κ3) is 4.09. The van der Waals surface area contributed by atoms with Crippen LogP contribution in [0.2, 0.25) is 0 Å². The Bertz CT molecular complexity index is 902. The van der Waals surface area contributed by atoms with Crippen LogP contribution in [-0.2, 0) is 11.0 Å². The quantitative estimate of drug-likeness (QED) is 0.696. The zero-order valence-corrected chi connectivity index (χ0v) is 16.0. The lowest BCUT2D eigenvalue weighted by molar-refractivity contribution is -0.137. The van der Waals surface area contributed by atoms with Crippen molar-refractivity contribution in [2.75, 3.05) is 31.1 Å². The average Bonchev–Trinajstić information content (AvgIpc) is 3.48. The van der Waals surface area contributed by atoms with Gasteiger partial charge in [0.2, 0.25) is 5.91 Å². The van der Waals surface area contributed by atoms with Crippen molar-refractivity contribution in [3.63, 3.8) is 0 Å². The number of benzene rings is 2. The minimum atomic E-state index is -4.37. The number of hydrogen-bond donors (Lipinski definition) is 0. The zero-order valence-electron chi connectivity index (χ0n) is 16.0. The number of halogens is 4. The summed E-state index contributed by atoms with van der Waals surface area (Å²) in [6, 6.07) is 10.0. The number of carbonyl (C=O) groups excluding carboxylic acids is 1. The van der Waals surface area contributed by atoms with Crippen LogP contribution in [0, 0.1) is 18.7 Å². The second-order valence-electron chi connectivity index (χ2n) is 7.81. The zero-order chi connectivity index (χ0) is 20.8. The molecule has 3 nitrogen and oxygen atoms in total. The fraction of sp³-hybridized carbons (Fsp3) is 0.409. The molecule has 0 unspecified atom stereocenters. The number of nitrogens with zero attached hydrogens (tertiary/aromatic N) is 2. The summed E-state index contributed by atoms with van der Waals surface area (Å²) in [7, 11) is 0. The number of anilines is 1. The van der Waals surface area contributed by atoms with Gasteiger partial charge in [-0.1, -0.05) is 18.2 Å². The van der Waals surface area contributed by atoms with E-state index >= 15 is 0 Å². The molecule has 0 aromatic heterocycles. The van der Waals surface area contributed by atoms with E-state index in [0.29, 0.717) is 31.9 Å². The van der Waals surface area contributed by atoms with Gasteiger partial charge in [0.15, 0.2) is 0 Å². The number of piperazine rings is 1. The van der Waals surface area contributed by atoms with Gasteiger partial charge in [0.05, 0.1) is 5.56 Å². The highest BCUT2D eigenvalue weighted by molar-refractivity contribution is 5.83. The van der Waals surface area contributed by atoms with Gasteiger partial charge in [0.1, 0.15) is 5.82 Å². The van der Waals surface area contributed by atoms with E-state index in [1.54, 1.807) is 24.0 Å². The molecule has 1 heterocycles. The van der Waals surface area contributed by atoms with Crippen molar-refractivity contribution < 1.29 is 22.4 Å². The molecule has 1 amide bonds. The maximum absolute atomic E-state index is 13.1. The lowest BCUT2D eigenvalue weighted by atomic mass is 10.1. The number of aryl methyl sites for hydroxylation is 1. The van der Waals surface area contributed by atoms with E-state index in [1.165, 1.54) is 24.3 Å². The molecule has 1 saturated heterocycles. The number of amides is 1. The Morgan fingerprint density at radius 3 is 2.28 bits per heavy atom. The van der Waals surface area contributed by atoms with Crippen LogP contribution in [0.5, 0.6) is 0 Å². The van der Waals surface area contributed by atoms with Crippen LogP contribution in [0.25, 0.3) is 0 Å². The molecule has 154 valence electrons. The molecule has 2 aromatic rings. The molecule has 29 heavy (non-hydrogen) atoms. The van der Waals surface area contributed by atoms with E-state index in [-0.39, 0.29) is 23.6 Å². The van der Waals surface area contributed by atoms with Crippen LogP contribution in [0.15, 0.2) is 42.5 Å². The Kier molecular flexibility index (Phi) is 5.00. The number of alkyl halides is 3. The number of rotatable bonds is 3. The van der Waals surface area contributed by atoms with Crippen molar-refractivity contribution >= 4 is 11.6 Å². The molecule has 2 aromatic carbocycles. The van der Waals surface area contributed by atoms with Gasteiger partial charge in [-0.2, -0.15) is 13.2 Å². The number of hydrogen-bond acceptors (Lipinski definition) is 2. The summed E-state index contributed by atoms with van der Waals surface area (Å²) in [6.07, 6.45) is -3.61. The van der Waals surface area contributed by atoms with Crippen LogP contribution in [0.3, 0.4) is 0 Å². The lowest BCUT2D eigenvalue weighted by Gasteiger charge is -2.37. The van der Waals surface area contributed by atoms with E-state index in [4.69, 9.17) is 0 Å². The lowest BCUT2D eigenvalue weighted by Crippen LogP contribution is -2.49. The minimum absolute atomic E-state index is 0.0812. The molecule has 0 N–H and O–H groups in total. The van der Waals surface area contributed by atoms with Crippen LogP contribution >= 0.6 is 0 Å². The third-order valence-electron chi connectivity index (χ3n) is 5.87. The van der Waals surface area contributed by atoms with E-state index < -0.39 is 11.7 Å². The van der Waals surface area contributed by atoms with Crippen molar-refractivity contribution in [2.24, 2.45) is 5.92 Å². The molecule has 7 heteroatoms. The Morgan fingerprint density at radius 2 is 1.66 bits per heavy atom. The molecule has 4 rings (SSSR count). The van der Waals surface area contributed by atoms with Gasteiger partial charge in [-0.25, -0.2) is 4.39 Å².